The first-order valence-electron chi connectivity index (χ1n) is 6.52. The first-order chi connectivity index (χ1) is 8.39. The molecule has 0 aliphatic heterocycles. The van der Waals surface area contributed by atoms with Gasteiger partial charge in [-0.2, -0.15) is 5.10 Å². The number of benzene rings is 1. The molecule has 0 bridgehead atoms. The van der Waals surface area contributed by atoms with Gasteiger partial charge in [0.1, 0.15) is 0 Å². The van der Waals surface area contributed by atoms with Gasteiger partial charge in [0.15, 0.2) is 0 Å². The van der Waals surface area contributed by atoms with Crippen molar-refractivity contribution in [3.63, 3.8) is 0 Å². The van der Waals surface area contributed by atoms with E-state index in [4.69, 9.17) is 0 Å². The van der Waals surface area contributed by atoms with Gasteiger partial charge in [0, 0.05) is 18.9 Å². The lowest BCUT2D eigenvalue weighted by molar-refractivity contribution is 0.0381. The van der Waals surface area contributed by atoms with Crippen LogP contribution in [0, 0.1) is 5.92 Å². The van der Waals surface area contributed by atoms with Crippen LogP contribution in [0.4, 0.5) is 0 Å². The largest absolute Gasteiger partial charge is 0.390 e. The van der Waals surface area contributed by atoms with Gasteiger partial charge in [0.2, 0.25) is 0 Å². The van der Waals surface area contributed by atoms with Crippen LogP contribution in [0.3, 0.4) is 0 Å². The molecule has 0 saturated heterocycles. The number of aryl methyl sites for hydroxylation is 1. The van der Waals surface area contributed by atoms with Crippen molar-refractivity contribution in [3.05, 3.63) is 30.0 Å². The third-order valence-electron chi connectivity index (χ3n) is 3.23. The molecule has 2 aromatic rings. The number of aromatic nitrogens is 2. The quantitative estimate of drug-likeness (QED) is 0.900. The maximum Gasteiger partial charge on any atom is 0.0731 e. The molecule has 18 heavy (non-hydrogen) atoms. The monoisotopic (exact) mass is 246 g/mol. The smallest absolute Gasteiger partial charge is 0.0731 e. The van der Waals surface area contributed by atoms with Crippen molar-refractivity contribution in [1.29, 1.82) is 0 Å². The molecule has 1 aromatic heterocycles. The fraction of sp³-hybridized carbons (Fsp3) is 0.533. The molecule has 0 radical (unpaired) electrons. The van der Waals surface area contributed by atoms with Gasteiger partial charge < -0.3 is 5.11 Å². The molecule has 0 aliphatic carbocycles. The maximum absolute atomic E-state index is 10.5. The van der Waals surface area contributed by atoms with E-state index in [-0.39, 0.29) is 0 Å². The molecule has 3 nitrogen and oxygen atoms in total. The summed E-state index contributed by atoms with van der Waals surface area (Å²) in [5.74, 6) is 0.481. The lowest BCUT2D eigenvalue weighted by atomic mass is 9.89. The highest BCUT2D eigenvalue weighted by atomic mass is 16.3. The Kier molecular flexibility index (Phi) is 3.44. The van der Waals surface area contributed by atoms with Gasteiger partial charge in [-0.1, -0.05) is 32.0 Å². The lowest BCUT2D eigenvalue weighted by Crippen LogP contribution is -2.29. The van der Waals surface area contributed by atoms with E-state index in [0.717, 1.165) is 23.0 Å². The normalized spacial score (nSPS) is 15.2. The van der Waals surface area contributed by atoms with Crippen molar-refractivity contribution in [3.8, 4) is 0 Å². The molecule has 2 rings (SSSR count). The SMILES string of the molecule is CC(C)CC(C)(O)Cc1nn(C)c2ccccc12. The highest BCUT2D eigenvalue weighted by molar-refractivity contribution is 5.81. The molecule has 1 heterocycles. The van der Waals surface area contributed by atoms with E-state index >= 15 is 0 Å². The Labute approximate surface area is 108 Å². The lowest BCUT2D eigenvalue weighted by Gasteiger charge is -2.24. The van der Waals surface area contributed by atoms with E-state index in [0.29, 0.717) is 12.3 Å². The predicted octanol–water partition coefficient (Wildman–Crippen LogP) is 2.91. The summed E-state index contributed by atoms with van der Waals surface area (Å²) in [6, 6.07) is 8.16. The van der Waals surface area contributed by atoms with Crippen molar-refractivity contribution in [1.82, 2.24) is 9.78 Å². The van der Waals surface area contributed by atoms with Crippen LogP contribution in [-0.4, -0.2) is 20.5 Å². The molecule has 0 amide bonds. The fourth-order valence-electron chi connectivity index (χ4n) is 2.73. The summed E-state index contributed by atoms with van der Waals surface area (Å²) in [7, 11) is 1.95. The molecule has 3 heteroatoms. The van der Waals surface area contributed by atoms with E-state index in [1.54, 1.807) is 0 Å². The predicted molar refractivity (Wildman–Crippen MR) is 74.5 cm³/mol. The highest BCUT2D eigenvalue weighted by Crippen LogP contribution is 2.25. The average molecular weight is 246 g/mol. The minimum absolute atomic E-state index is 0.481. The number of hydrogen-bond acceptors (Lipinski definition) is 2. The highest BCUT2D eigenvalue weighted by Gasteiger charge is 2.25. The third kappa shape index (κ3) is 2.72. The van der Waals surface area contributed by atoms with E-state index < -0.39 is 5.60 Å². The van der Waals surface area contributed by atoms with Gasteiger partial charge in [-0.15, -0.1) is 0 Å². The second kappa shape index (κ2) is 4.73. The number of para-hydroxylation sites is 1. The second-order valence-corrected chi connectivity index (χ2v) is 5.86. The number of aliphatic hydroxyl groups is 1. The summed E-state index contributed by atoms with van der Waals surface area (Å²) in [6.07, 6.45) is 1.39. The zero-order valence-corrected chi connectivity index (χ0v) is 11.6. The number of rotatable bonds is 4. The first-order valence-corrected chi connectivity index (χ1v) is 6.52. The van der Waals surface area contributed by atoms with Crippen molar-refractivity contribution in [2.24, 2.45) is 13.0 Å². The number of nitrogens with zero attached hydrogens (tertiary/aromatic N) is 2. The standard InChI is InChI=1S/C15H22N2O/c1-11(2)9-15(3,18)10-13-12-7-5-6-8-14(12)17(4)16-13/h5-8,11,18H,9-10H2,1-4H3. The molecule has 1 N–H and O–H groups in total. The molecule has 0 spiro atoms. The summed E-state index contributed by atoms with van der Waals surface area (Å²) in [5, 5.41) is 16.1. The van der Waals surface area contributed by atoms with Crippen LogP contribution in [0.5, 0.6) is 0 Å². The van der Waals surface area contributed by atoms with E-state index in [9.17, 15) is 5.11 Å². The first kappa shape index (κ1) is 13.1. The summed E-state index contributed by atoms with van der Waals surface area (Å²) < 4.78 is 1.89. The van der Waals surface area contributed by atoms with Gasteiger partial charge in [-0.25, -0.2) is 0 Å². The number of hydrogen-bond donors (Lipinski definition) is 1. The van der Waals surface area contributed by atoms with Crippen LogP contribution in [0.15, 0.2) is 24.3 Å². The fourth-order valence-corrected chi connectivity index (χ4v) is 2.73. The zero-order chi connectivity index (χ0) is 13.3. The summed E-state index contributed by atoms with van der Waals surface area (Å²) in [5.41, 5.74) is 1.41. The molecule has 0 fully saturated rings. The zero-order valence-electron chi connectivity index (χ0n) is 11.6. The van der Waals surface area contributed by atoms with Crippen LogP contribution in [-0.2, 0) is 13.5 Å². The van der Waals surface area contributed by atoms with Crippen LogP contribution in [0.1, 0.15) is 32.9 Å². The van der Waals surface area contributed by atoms with E-state index in [2.05, 4.69) is 31.1 Å². The summed E-state index contributed by atoms with van der Waals surface area (Å²) in [6.45, 7) is 6.16. The van der Waals surface area contributed by atoms with E-state index in [1.807, 2.05) is 30.8 Å². The maximum atomic E-state index is 10.5. The number of fused-ring (bicyclic) bond motifs is 1. The topological polar surface area (TPSA) is 38.1 Å². The van der Waals surface area contributed by atoms with Crippen LogP contribution in [0.2, 0.25) is 0 Å². The molecule has 1 atom stereocenters. The molecule has 98 valence electrons. The Morgan fingerprint density at radius 3 is 2.67 bits per heavy atom. The van der Waals surface area contributed by atoms with E-state index in [1.165, 1.54) is 0 Å². The Morgan fingerprint density at radius 2 is 2.00 bits per heavy atom. The molecular weight excluding hydrogens is 224 g/mol. The van der Waals surface area contributed by atoms with Gasteiger partial charge in [-0.05, 0) is 25.3 Å². The van der Waals surface area contributed by atoms with Gasteiger partial charge in [-0.3, -0.25) is 4.68 Å². The van der Waals surface area contributed by atoms with Crippen LogP contribution >= 0.6 is 0 Å². The van der Waals surface area contributed by atoms with Gasteiger partial charge in [0.25, 0.3) is 0 Å². The third-order valence-corrected chi connectivity index (χ3v) is 3.23. The second-order valence-electron chi connectivity index (χ2n) is 5.86. The molecule has 1 aromatic carbocycles. The molecule has 0 saturated carbocycles. The molecule has 0 aliphatic rings. The van der Waals surface area contributed by atoms with Crippen LogP contribution < -0.4 is 0 Å². The van der Waals surface area contributed by atoms with Crippen molar-refractivity contribution in [2.45, 2.75) is 39.2 Å². The summed E-state index contributed by atoms with van der Waals surface area (Å²) >= 11 is 0. The van der Waals surface area contributed by atoms with Gasteiger partial charge >= 0.3 is 0 Å². The van der Waals surface area contributed by atoms with Gasteiger partial charge in [0.05, 0.1) is 16.8 Å². The average Bonchev–Trinajstić information content (AvgIpc) is 2.54. The minimum atomic E-state index is -0.689. The van der Waals surface area contributed by atoms with Crippen molar-refractivity contribution in [2.75, 3.05) is 0 Å². The minimum Gasteiger partial charge on any atom is -0.390 e. The Hall–Kier alpha value is -1.35. The Morgan fingerprint density at radius 1 is 1.33 bits per heavy atom. The van der Waals surface area contributed by atoms with Crippen molar-refractivity contribution >= 4 is 10.9 Å². The van der Waals surface area contributed by atoms with Crippen LogP contribution in [0.25, 0.3) is 10.9 Å². The Bertz CT molecular complexity index is 540. The molecule has 1 unspecified atom stereocenters. The Balaban J connectivity index is 2.32. The summed E-state index contributed by atoms with van der Waals surface area (Å²) in [4.78, 5) is 0. The molecular formula is C15H22N2O. The van der Waals surface area contributed by atoms with Crippen molar-refractivity contribution < 1.29 is 5.11 Å².